The number of carbonyl (C=O) groups excluding carboxylic acids is 2. The molecule has 3 heterocycles. The number of thiazole rings is 1. The van der Waals surface area contributed by atoms with Gasteiger partial charge in [-0.05, 0) is 43.4 Å². The number of benzene rings is 2. The molecule has 270 valence electrons. The van der Waals surface area contributed by atoms with Gasteiger partial charge in [0.2, 0.25) is 12.6 Å². The normalized spacial score (nSPS) is 13.4. The van der Waals surface area contributed by atoms with Gasteiger partial charge in [-0.25, -0.2) is 23.5 Å². The van der Waals surface area contributed by atoms with E-state index in [-0.39, 0.29) is 55.1 Å². The number of amides is 1. The van der Waals surface area contributed by atoms with Gasteiger partial charge in [-0.2, -0.15) is 4.57 Å². The van der Waals surface area contributed by atoms with Gasteiger partial charge in [0, 0.05) is 57.7 Å². The third-order valence-corrected chi connectivity index (χ3v) is 9.56. The first-order valence-corrected chi connectivity index (χ1v) is 17.1. The molecule has 0 saturated carbocycles. The van der Waals surface area contributed by atoms with E-state index in [0.29, 0.717) is 16.3 Å². The molecule has 1 amide bonds. The van der Waals surface area contributed by atoms with Gasteiger partial charge >= 0.3 is 12.1 Å². The quantitative estimate of drug-likeness (QED) is 0.104. The smallest absolute Gasteiger partial charge is 0.418 e. The number of likely N-dealkylation sites (N-methyl/N-ethyl adjacent to an activating group) is 1. The number of halogens is 4. The molecule has 0 aliphatic rings. The fourth-order valence-electron chi connectivity index (χ4n) is 5.16. The molecule has 51 heavy (non-hydrogen) atoms. The Bertz CT molecular complexity index is 1970. The lowest BCUT2D eigenvalue weighted by atomic mass is 9.82. The molecule has 5 rings (SSSR count). The number of aromatic nitrogens is 5. The number of pyridine rings is 1. The summed E-state index contributed by atoms with van der Waals surface area (Å²) in [7, 11) is 3.10. The molecular formula is C34H35BrF2IN7O5S. The average Bonchev–Trinajstić information content (AvgIpc) is 3.79. The molecule has 17 heteroatoms. The van der Waals surface area contributed by atoms with Crippen LogP contribution in [0.3, 0.4) is 0 Å². The Morgan fingerprint density at radius 1 is 1.18 bits per heavy atom. The predicted octanol–water partition coefficient (Wildman–Crippen LogP) is 2.48. The minimum absolute atomic E-state index is 0. The van der Waals surface area contributed by atoms with Crippen molar-refractivity contribution in [1.29, 1.82) is 0 Å². The highest BCUT2D eigenvalue weighted by Crippen LogP contribution is 2.41. The van der Waals surface area contributed by atoms with Gasteiger partial charge in [0.25, 0.3) is 6.33 Å². The summed E-state index contributed by atoms with van der Waals surface area (Å²) in [6.45, 7) is 2.94. The van der Waals surface area contributed by atoms with Gasteiger partial charge in [-0.15, -0.1) is 16.0 Å². The first-order chi connectivity index (χ1) is 23.9. The zero-order valence-electron chi connectivity index (χ0n) is 28.0. The minimum Gasteiger partial charge on any atom is -1.00 e. The molecule has 0 spiro atoms. The highest BCUT2D eigenvalue weighted by molar-refractivity contribution is 9.10. The molecule has 0 bridgehead atoms. The second-order valence-electron chi connectivity index (χ2n) is 11.5. The zero-order valence-corrected chi connectivity index (χ0v) is 32.5. The minimum atomic E-state index is -2.00. The zero-order chi connectivity index (χ0) is 36.0. The van der Waals surface area contributed by atoms with Crippen molar-refractivity contribution in [2.75, 3.05) is 25.5 Å². The van der Waals surface area contributed by atoms with Crippen LogP contribution < -0.4 is 38.8 Å². The number of nitrogens with one attached hydrogen (secondary N) is 1. The van der Waals surface area contributed by atoms with Crippen LogP contribution in [-0.4, -0.2) is 57.6 Å². The lowest BCUT2D eigenvalue weighted by molar-refractivity contribution is -0.753. The number of hydrogen-bond donors (Lipinski definition) is 2. The molecule has 0 aliphatic heterocycles. The molecule has 0 saturated heterocycles. The number of esters is 1. The molecule has 5 aromatic rings. The van der Waals surface area contributed by atoms with Crippen LogP contribution in [0.4, 0.5) is 19.4 Å². The molecule has 0 radical (unpaired) electrons. The SMILES string of the molecule is CNCC(=O)OCc1cccnc1N(C)C(=O)OC(C)[n+]1cnn(C[C@](O)(c2cc(F)ccc2F)[C@@H](C)c2nc(-c3ccc(Br)cc3)cs2)c1.[I-]. The Morgan fingerprint density at radius 2 is 1.92 bits per heavy atom. The van der Waals surface area contributed by atoms with E-state index in [1.165, 1.54) is 51.4 Å². The predicted molar refractivity (Wildman–Crippen MR) is 184 cm³/mol. The van der Waals surface area contributed by atoms with E-state index < -0.39 is 41.4 Å². The van der Waals surface area contributed by atoms with E-state index in [1.807, 2.05) is 29.6 Å². The maximum absolute atomic E-state index is 15.3. The van der Waals surface area contributed by atoms with Crippen LogP contribution in [0.5, 0.6) is 0 Å². The topological polar surface area (TPSA) is 136 Å². The monoisotopic (exact) mass is 897 g/mol. The number of carbonyl (C=O) groups is 2. The molecule has 1 unspecified atom stereocenters. The second kappa shape index (κ2) is 17.5. The van der Waals surface area contributed by atoms with E-state index in [0.717, 1.165) is 28.2 Å². The second-order valence-corrected chi connectivity index (χ2v) is 13.3. The Labute approximate surface area is 322 Å². The summed E-state index contributed by atoms with van der Waals surface area (Å²) in [5, 5.41) is 21.6. The summed E-state index contributed by atoms with van der Waals surface area (Å²) >= 11 is 4.72. The fourth-order valence-corrected chi connectivity index (χ4v) is 6.39. The third-order valence-electron chi connectivity index (χ3n) is 8.01. The fraction of sp³-hybridized carbons (Fsp3) is 0.294. The molecule has 2 aromatic carbocycles. The van der Waals surface area contributed by atoms with Gasteiger partial charge in [-0.1, -0.05) is 41.1 Å². The van der Waals surface area contributed by atoms with Gasteiger partial charge in [-0.3, -0.25) is 9.69 Å². The number of rotatable bonds is 13. The molecule has 0 fully saturated rings. The largest absolute Gasteiger partial charge is 1.00 e. The summed E-state index contributed by atoms with van der Waals surface area (Å²) < 4.78 is 44.5. The summed E-state index contributed by atoms with van der Waals surface area (Å²) in [5.41, 5.74) is -0.227. The van der Waals surface area contributed by atoms with Crippen molar-refractivity contribution in [2.45, 2.75) is 44.7 Å². The highest BCUT2D eigenvalue weighted by atomic mass is 127. The Balaban J connectivity index is 0.00000583. The summed E-state index contributed by atoms with van der Waals surface area (Å²) in [6, 6.07) is 13.8. The molecular weight excluding hydrogens is 863 g/mol. The molecule has 12 nitrogen and oxygen atoms in total. The van der Waals surface area contributed by atoms with E-state index in [9.17, 15) is 19.1 Å². The average molecular weight is 899 g/mol. The maximum Gasteiger partial charge on any atom is 0.418 e. The number of hydrogen-bond acceptors (Lipinski definition) is 10. The van der Waals surface area contributed by atoms with Crippen LogP contribution in [0.2, 0.25) is 0 Å². The van der Waals surface area contributed by atoms with Crippen LogP contribution in [0.1, 0.15) is 42.1 Å². The van der Waals surface area contributed by atoms with Crippen LogP contribution in [-0.2, 0) is 33.0 Å². The first-order valence-electron chi connectivity index (χ1n) is 15.4. The van der Waals surface area contributed by atoms with E-state index in [1.54, 1.807) is 33.0 Å². The summed E-state index contributed by atoms with van der Waals surface area (Å²) in [4.78, 5) is 35.2. The van der Waals surface area contributed by atoms with Crippen molar-refractivity contribution in [3.63, 3.8) is 0 Å². The van der Waals surface area contributed by atoms with E-state index in [2.05, 4.69) is 31.3 Å². The number of nitrogens with zero attached hydrogens (tertiary/aromatic N) is 6. The Kier molecular flexibility index (Phi) is 13.7. The summed E-state index contributed by atoms with van der Waals surface area (Å²) in [5.74, 6) is -2.53. The van der Waals surface area contributed by atoms with Crippen LogP contribution in [0.25, 0.3) is 11.3 Å². The number of ether oxygens (including phenoxy) is 2. The van der Waals surface area contributed by atoms with Gasteiger partial charge in [0.05, 0.1) is 17.2 Å². The molecule has 3 aromatic heterocycles. The molecule has 3 atom stereocenters. The van der Waals surface area contributed by atoms with Gasteiger partial charge in [0.1, 0.15) is 36.2 Å². The Morgan fingerprint density at radius 3 is 2.65 bits per heavy atom. The van der Waals surface area contributed by atoms with Crippen molar-refractivity contribution in [1.82, 2.24) is 25.1 Å². The van der Waals surface area contributed by atoms with Crippen LogP contribution in [0, 0.1) is 11.6 Å². The maximum atomic E-state index is 15.3. The van der Waals surface area contributed by atoms with Crippen molar-refractivity contribution >= 4 is 45.1 Å². The number of aliphatic hydroxyl groups is 1. The van der Waals surface area contributed by atoms with Crippen molar-refractivity contribution < 1.29 is 61.5 Å². The van der Waals surface area contributed by atoms with Crippen molar-refractivity contribution in [2.24, 2.45) is 0 Å². The highest BCUT2D eigenvalue weighted by Gasteiger charge is 2.43. The van der Waals surface area contributed by atoms with Crippen LogP contribution >= 0.6 is 27.3 Å². The lowest BCUT2D eigenvalue weighted by Gasteiger charge is -2.32. The standard InChI is InChI=1S/C34H35BrF2N7O5S.HI/c1-21(32-41-29(17-50-32)23-7-9-25(35)10-8-23)34(47,27-14-26(36)11-12-28(27)37)18-44-20-43(19-40-44)22(2)49-33(46)42(4)31-24(6-5-13-39-31)16-48-30(45)15-38-3;/h5-14,17,19-22,38,47H,15-16,18H2,1-4H3;1H/q+1;/p-1/t21-,22?,34+;/m0./s1. The van der Waals surface area contributed by atoms with E-state index in [4.69, 9.17) is 14.5 Å². The molecule has 2 N–H and O–H groups in total. The first kappa shape index (κ1) is 39.9. The van der Waals surface area contributed by atoms with Crippen LogP contribution in [0.15, 0.2) is 83.3 Å². The van der Waals surface area contributed by atoms with Gasteiger partial charge in [0.15, 0.2) is 0 Å². The lowest BCUT2D eigenvalue weighted by Crippen LogP contribution is -3.00. The summed E-state index contributed by atoms with van der Waals surface area (Å²) in [6.07, 6.45) is 2.72. The van der Waals surface area contributed by atoms with Crippen molar-refractivity contribution in [3.8, 4) is 11.3 Å². The number of anilines is 1. The molecule has 0 aliphatic carbocycles. The van der Waals surface area contributed by atoms with Gasteiger partial charge < -0.3 is 43.9 Å². The van der Waals surface area contributed by atoms with E-state index >= 15 is 4.39 Å². The third kappa shape index (κ3) is 9.50. The Hall–Kier alpha value is -3.91. The van der Waals surface area contributed by atoms with Crippen molar-refractivity contribution in [3.05, 3.63) is 111 Å².